The van der Waals surface area contributed by atoms with Crippen LogP contribution in [0.3, 0.4) is 0 Å². The van der Waals surface area contributed by atoms with Gasteiger partial charge in [0.05, 0.1) is 12.2 Å². The highest BCUT2D eigenvalue weighted by Gasteiger charge is 2.39. The molecule has 0 bridgehead atoms. The molecule has 1 aromatic carbocycles. The zero-order valence-electron chi connectivity index (χ0n) is 24.5. The second-order valence-electron chi connectivity index (χ2n) is 12.5. The van der Waals surface area contributed by atoms with Crippen molar-refractivity contribution in [2.75, 3.05) is 6.16 Å². The Hall–Kier alpha value is -1.87. The van der Waals surface area contributed by atoms with Gasteiger partial charge < -0.3 is 14.7 Å². The molecule has 5 atom stereocenters. The van der Waals surface area contributed by atoms with E-state index in [-0.39, 0.29) is 12.3 Å². The summed E-state index contributed by atoms with van der Waals surface area (Å²) in [5.74, 6) is 1.56. The first-order chi connectivity index (χ1) is 17.9. The van der Waals surface area contributed by atoms with E-state index in [1.807, 2.05) is 22.9 Å². The highest BCUT2D eigenvalue weighted by atomic mass is 31.0. The maximum atomic E-state index is 10.4. The first-order valence-electron chi connectivity index (χ1n) is 14.4. The predicted molar refractivity (Wildman–Crippen MR) is 165 cm³/mol. The molecule has 1 fully saturated rings. The highest BCUT2D eigenvalue weighted by Crippen LogP contribution is 2.38. The first kappa shape index (κ1) is 30.7. The average molecular weight is 539 g/mol. The van der Waals surface area contributed by atoms with Gasteiger partial charge in [-0.15, -0.1) is 9.24 Å². The molecule has 0 amide bonds. The summed E-state index contributed by atoms with van der Waals surface area (Å²) in [4.78, 5) is 4.02. The second kappa shape index (κ2) is 13.5. The molecule has 3 rings (SSSR count). The smallest absolute Gasteiger partial charge is 0.138 e. The molecular formula is C33H51N2O2P. The van der Waals surface area contributed by atoms with Gasteiger partial charge in [-0.05, 0) is 60.4 Å². The van der Waals surface area contributed by atoms with Crippen molar-refractivity contribution in [2.24, 2.45) is 11.3 Å². The minimum absolute atomic E-state index is 0.183. The van der Waals surface area contributed by atoms with Gasteiger partial charge in [-0.2, -0.15) is 0 Å². The molecular weight excluding hydrogens is 487 g/mol. The Labute approximate surface area is 234 Å². The monoisotopic (exact) mass is 538 g/mol. The number of aliphatic hydroxyl groups is 1. The van der Waals surface area contributed by atoms with Crippen molar-refractivity contribution in [1.29, 1.82) is 0 Å². The lowest BCUT2D eigenvalue weighted by Gasteiger charge is -2.42. The predicted octanol–water partition coefficient (Wildman–Crippen LogP) is 8.08. The van der Waals surface area contributed by atoms with E-state index in [0.717, 1.165) is 40.7 Å². The van der Waals surface area contributed by atoms with Crippen molar-refractivity contribution in [3.8, 4) is 0 Å². The van der Waals surface area contributed by atoms with Crippen LogP contribution in [0.5, 0.6) is 0 Å². The number of allylic oxidation sites excluding steroid dienone is 1. The molecule has 0 aliphatic carbocycles. The van der Waals surface area contributed by atoms with E-state index in [1.54, 1.807) is 0 Å². The lowest BCUT2D eigenvalue weighted by molar-refractivity contribution is -0.0299. The van der Waals surface area contributed by atoms with Crippen LogP contribution in [0, 0.1) is 11.3 Å². The van der Waals surface area contributed by atoms with Crippen LogP contribution in [0.4, 0.5) is 0 Å². The third kappa shape index (κ3) is 8.07. The molecule has 2 aliphatic heterocycles. The van der Waals surface area contributed by atoms with E-state index < -0.39 is 6.10 Å². The minimum Gasteiger partial charge on any atom is -0.390 e. The number of nitrogens with zero attached hydrogens (tertiary/aromatic N) is 2. The normalized spacial score (nSPS) is 23.1. The van der Waals surface area contributed by atoms with Crippen molar-refractivity contribution in [3.63, 3.8) is 0 Å². The molecule has 2 heterocycles. The molecule has 210 valence electrons. The summed E-state index contributed by atoms with van der Waals surface area (Å²) in [5, 5.41) is 10.4. The van der Waals surface area contributed by atoms with Crippen molar-refractivity contribution in [3.05, 3.63) is 78.4 Å². The van der Waals surface area contributed by atoms with E-state index >= 15 is 0 Å². The minimum atomic E-state index is -0.481. The number of benzene rings is 1. The van der Waals surface area contributed by atoms with Crippen LogP contribution >= 0.6 is 9.24 Å². The Morgan fingerprint density at radius 2 is 1.79 bits per heavy atom. The molecule has 4 nitrogen and oxygen atoms in total. The Balaban J connectivity index is 1.53. The van der Waals surface area contributed by atoms with Gasteiger partial charge in [-0.1, -0.05) is 97.4 Å². The highest BCUT2D eigenvalue weighted by molar-refractivity contribution is 7.16. The third-order valence-corrected chi connectivity index (χ3v) is 8.42. The summed E-state index contributed by atoms with van der Waals surface area (Å²) < 4.78 is 6.12. The second-order valence-corrected chi connectivity index (χ2v) is 13.0. The van der Waals surface area contributed by atoms with Crippen molar-refractivity contribution < 1.29 is 9.84 Å². The molecule has 1 saturated heterocycles. The summed E-state index contributed by atoms with van der Waals surface area (Å²) in [5.41, 5.74) is 5.59. The fraction of sp³-hybridized carbons (Fsp3) is 0.576. The van der Waals surface area contributed by atoms with Crippen LogP contribution in [0.15, 0.2) is 67.3 Å². The largest absolute Gasteiger partial charge is 0.390 e. The fourth-order valence-corrected chi connectivity index (χ4v) is 5.84. The van der Waals surface area contributed by atoms with Crippen LogP contribution in [-0.2, 0) is 11.2 Å². The third-order valence-electron chi connectivity index (χ3n) is 7.95. The molecule has 38 heavy (non-hydrogen) atoms. The van der Waals surface area contributed by atoms with Gasteiger partial charge in [0.15, 0.2) is 0 Å². The van der Waals surface area contributed by atoms with Gasteiger partial charge in [0, 0.05) is 24.0 Å². The quantitative estimate of drug-likeness (QED) is 0.216. The zero-order chi connectivity index (χ0) is 28.0. The van der Waals surface area contributed by atoms with Crippen LogP contribution < -0.4 is 0 Å². The Kier molecular flexibility index (Phi) is 10.9. The van der Waals surface area contributed by atoms with E-state index in [2.05, 4.69) is 80.9 Å². The van der Waals surface area contributed by atoms with Crippen LogP contribution in [0.1, 0.15) is 90.7 Å². The molecule has 0 spiro atoms. The Morgan fingerprint density at radius 3 is 2.39 bits per heavy atom. The summed E-state index contributed by atoms with van der Waals surface area (Å²) in [7, 11) is 2.66. The number of rotatable bonds is 12. The molecule has 5 heteroatoms. The topological polar surface area (TPSA) is 35.9 Å². The van der Waals surface area contributed by atoms with Crippen molar-refractivity contribution in [2.45, 2.75) is 104 Å². The Bertz CT molecular complexity index is 1010. The van der Waals surface area contributed by atoms with Gasteiger partial charge >= 0.3 is 0 Å². The number of aliphatic hydroxyl groups excluding tert-OH is 1. The summed E-state index contributed by atoms with van der Waals surface area (Å²) >= 11 is 0. The SMILES string of the molecule is C=C1C(C)=CN([C@H]2CC(O)C(CP)O2)C(=C)N1C(=C)c1ccc(CCCCC(C)CCCC(C)(C)C)cc1. The van der Waals surface area contributed by atoms with E-state index in [1.165, 1.54) is 44.1 Å². The maximum Gasteiger partial charge on any atom is 0.138 e. The number of ether oxygens (including phenoxy) is 1. The van der Waals surface area contributed by atoms with Gasteiger partial charge in [-0.25, -0.2) is 0 Å². The van der Waals surface area contributed by atoms with Crippen LogP contribution in [0.25, 0.3) is 5.70 Å². The van der Waals surface area contributed by atoms with Gasteiger partial charge in [0.25, 0.3) is 0 Å². The van der Waals surface area contributed by atoms with Gasteiger partial charge in [0.2, 0.25) is 0 Å². The van der Waals surface area contributed by atoms with E-state index in [4.69, 9.17) is 4.74 Å². The molecule has 1 aromatic rings. The number of hydrogen-bond acceptors (Lipinski definition) is 4. The van der Waals surface area contributed by atoms with E-state index in [0.29, 0.717) is 18.0 Å². The maximum absolute atomic E-state index is 10.4. The first-order valence-corrected chi connectivity index (χ1v) is 15.2. The molecule has 0 aromatic heterocycles. The lowest BCUT2D eigenvalue weighted by Crippen LogP contribution is -2.40. The summed E-state index contributed by atoms with van der Waals surface area (Å²) in [6.45, 7) is 24.5. The zero-order valence-corrected chi connectivity index (χ0v) is 25.7. The van der Waals surface area contributed by atoms with Gasteiger partial charge in [-0.3, -0.25) is 4.90 Å². The lowest BCUT2D eigenvalue weighted by atomic mass is 9.87. The molecule has 0 radical (unpaired) electrons. The van der Waals surface area contributed by atoms with Crippen LogP contribution in [0.2, 0.25) is 0 Å². The Morgan fingerprint density at radius 1 is 1.13 bits per heavy atom. The standard InChI is InChI=1S/C33H51N2O2P/c1-23(13-11-19-33(6,7)8)12-9-10-14-28-15-17-29(18-16-28)26(4)35-25(3)24(2)21-34(27(35)5)32-20-30(36)31(22-38)37-32/h15-18,21,23,30-32,36H,3-5,9-14,19-20,22,38H2,1-2,6-8H3/t23?,30?,31?,32-/m1/s1. The van der Waals surface area contributed by atoms with Crippen molar-refractivity contribution >= 4 is 14.9 Å². The number of unbranched alkanes of at least 4 members (excludes halogenated alkanes) is 1. The van der Waals surface area contributed by atoms with Gasteiger partial charge in [0.1, 0.15) is 12.0 Å². The fourth-order valence-electron chi connectivity index (χ4n) is 5.41. The molecule has 4 unspecified atom stereocenters. The number of hydrogen-bond donors (Lipinski definition) is 1. The van der Waals surface area contributed by atoms with E-state index in [9.17, 15) is 5.11 Å². The summed E-state index contributed by atoms with van der Waals surface area (Å²) in [6, 6.07) is 8.77. The molecule has 1 N–H and O–H groups in total. The van der Waals surface area contributed by atoms with Crippen LogP contribution in [-0.4, -0.2) is 39.5 Å². The average Bonchev–Trinajstić information content (AvgIpc) is 3.24. The summed E-state index contributed by atoms with van der Waals surface area (Å²) in [6.07, 6.45) is 11.3. The number of aryl methyl sites for hydroxylation is 1. The molecule has 2 aliphatic rings. The molecule has 0 saturated carbocycles. The van der Waals surface area contributed by atoms with Crippen molar-refractivity contribution in [1.82, 2.24) is 9.80 Å².